The van der Waals surface area contributed by atoms with Gasteiger partial charge < -0.3 is 4.74 Å². The first-order valence-corrected chi connectivity index (χ1v) is 5.49. The minimum absolute atomic E-state index is 0.656. The highest BCUT2D eigenvalue weighted by molar-refractivity contribution is 5.77. The molecule has 0 saturated heterocycles. The lowest BCUT2D eigenvalue weighted by Crippen LogP contribution is -2.41. The van der Waals surface area contributed by atoms with E-state index in [1.54, 1.807) is 37.3 Å². The van der Waals surface area contributed by atoms with Crippen LogP contribution in [0.1, 0.15) is 32.4 Å². The summed E-state index contributed by atoms with van der Waals surface area (Å²) in [4.78, 5) is 11.6. The zero-order valence-corrected chi connectivity index (χ0v) is 10.4. The monoisotopic (exact) mass is 260 g/mol. The van der Waals surface area contributed by atoms with Crippen LogP contribution in [0.15, 0.2) is 30.3 Å². The second-order valence-electron chi connectivity index (χ2n) is 4.58. The maximum atomic E-state index is 12.6. The van der Waals surface area contributed by atoms with E-state index < -0.39 is 23.7 Å². The van der Waals surface area contributed by atoms with Crippen LogP contribution in [0.2, 0.25) is 0 Å². The average Bonchev–Trinajstić information content (AvgIpc) is 2.28. The standard InChI is InChI=1S/C13H15F3O2/c1-9(10-7-5-4-6-8-10)18-11(17)12(2,3)13(14,15)16/h4-9H,1-3H3. The maximum absolute atomic E-state index is 12.6. The van der Waals surface area contributed by atoms with Crippen molar-refractivity contribution in [3.8, 4) is 0 Å². The molecule has 18 heavy (non-hydrogen) atoms. The third-order valence-electron chi connectivity index (χ3n) is 2.77. The average molecular weight is 260 g/mol. The number of rotatable bonds is 3. The van der Waals surface area contributed by atoms with Gasteiger partial charge in [-0.25, -0.2) is 0 Å². The first-order chi connectivity index (χ1) is 8.16. The summed E-state index contributed by atoms with van der Waals surface area (Å²) in [6.45, 7) is 3.17. The van der Waals surface area contributed by atoms with Crippen molar-refractivity contribution < 1.29 is 22.7 Å². The third-order valence-corrected chi connectivity index (χ3v) is 2.77. The Morgan fingerprint density at radius 1 is 1.17 bits per heavy atom. The molecule has 1 unspecified atom stereocenters. The number of hydrogen-bond donors (Lipinski definition) is 0. The van der Waals surface area contributed by atoms with E-state index in [0.29, 0.717) is 5.56 Å². The Morgan fingerprint density at radius 2 is 1.67 bits per heavy atom. The molecule has 1 atom stereocenters. The van der Waals surface area contributed by atoms with Crippen molar-refractivity contribution in [2.75, 3.05) is 0 Å². The molecule has 1 aromatic carbocycles. The number of esters is 1. The Kier molecular flexibility index (Phi) is 4.04. The quantitative estimate of drug-likeness (QED) is 0.771. The summed E-state index contributed by atoms with van der Waals surface area (Å²) >= 11 is 0. The molecule has 0 aliphatic rings. The van der Waals surface area contributed by atoms with Crippen molar-refractivity contribution in [1.29, 1.82) is 0 Å². The van der Waals surface area contributed by atoms with Crippen LogP contribution in [0.4, 0.5) is 13.2 Å². The van der Waals surface area contributed by atoms with Gasteiger partial charge in [-0.15, -0.1) is 0 Å². The highest BCUT2D eigenvalue weighted by atomic mass is 19.4. The SMILES string of the molecule is CC(OC(=O)C(C)(C)C(F)(F)F)c1ccccc1. The number of halogens is 3. The summed E-state index contributed by atoms with van der Waals surface area (Å²) in [7, 11) is 0. The normalized spacial score (nSPS) is 14.1. The van der Waals surface area contributed by atoms with Gasteiger partial charge >= 0.3 is 12.1 Å². The molecule has 0 heterocycles. The molecule has 0 fully saturated rings. The molecule has 1 rings (SSSR count). The molecule has 0 radical (unpaired) electrons. The van der Waals surface area contributed by atoms with Crippen LogP contribution in [0.3, 0.4) is 0 Å². The summed E-state index contributed by atoms with van der Waals surface area (Å²) < 4.78 is 42.8. The lowest BCUT2D eigenvalue weighted by Gasteiger charge is -2.27. The van der Waals surface area contributed by atoms with Crippen LogP contribution in [-0.4, -0.2) is 12.1 Å². The van der Waals surface area contributed by atoms with Gasteiger partial charge in [0.1, 0.15) is 6.10 Å². The van der Waals surface area contributed by atoms with E-state index in [1.807, 2.05) is 0 Å². The Bertz CT molecular complexity index is 410. The summed E-state index contributed by atoms with van der Waals surface area (Å²) in [5.74, 6) is -1.27. The first kappa shape index (κ1) is 14.5. The minimum Gasteiger partial charge on any atom is -0.457 e. The minimum atomic E-state index is -4.62. The van der Waals surface area contributed by atoms with E-state index in [9.17, 15) is 18.0 Å². The van der Waals surface area contributed by atoms with Crippen molar-refractivity contribution in [2.24, 2.45) is 5.41 Å². The van der Waals surface area contributed by atoms with Gasteiger partial charge in [0.15, 0.2) is 5.41 Å². The van der Waals surface area contributed by atoms with Crippen LogP contribution in [0, 0.1) is 5.41 Å². The number of carbonyl (C=O) groups is 1. The van der Waals surface area contributed by atoms with Crippen molar-refractivity contribution in [3.63, 3.8) is 0 Å². The van der Waals surface area contributed by atoms with Crippen LogP contribution < -0.4 is 0 Å². The van der Waals surface area contributed by atoms with Gasteiger partial charge in [0.25, 0.3) is 0 Å². The number of benzene rings is 1. The number of carbonyl (C=O) groups excluding carboxylic acids is 1. The summed E-state index contributed by atoms with van der Waals surface area (Å²) in [5, 5.41) is 0. The highest BCUT2D eigenvalue weighted by Gasteiger charge is 2.54. The van der Waals surface area contributed by atoms with Gasteiger partial charge in [-0.1, -0.05) is 30.3 Å². The predicted octanol–water partition coefficient (Wildman–Crippen LogP) is 3.88. The number of hydrogen-bond acceptors (Lipinski definition) is 2. The molecule has 5 heteroatoms. The van der Waals surface area contributed by atoms with Crippen molar-refractivity contribution in [1.82, 2.24) is 0 Å². The third kappa shape index (κ3) is 3.03. The molecule has 0 aromatic heterocycles. The topological polar surface area (TPSA) is 26.3 Å². The number of alkyl halides is 3. The lowest BCUT2D eigenvalue weighted by atomic mass is 9.93. The highest BCUT2D eigenvalue weighted by Crippen LogP contribution is 2.39. The van der Waals surface area contributed by atoms with Crippen LogP contribution in [-0.2, 0) is 9.53 Å². The molecular weight excluding hydrogens is 245 g/mol. The van der Waals surface area contributed by atoms with Gasteiger partial charge in [0.05, 0.1) is 0 Å². The van der Waals surface area contributed by atoms with Gasteiger partial charge in [-0.3, -0.25) is 4.79 Å². The predicted molar refractivity (Wildman–Crippen MR) is 60.8 cm³/mol. The molecule has 0 N–H and O–H groups in total. The molecule has 0 bridgehead atoms. The van der Waals surface area contributed by atoms with Crippen molar-refractivity contribution in [3.05, 3.63) is 35.9 Å². The van der Waals surface area contributed by atoms with Crippen LogP contribution >= 0.6 is 0 Å². The van der Waals surface area contributed by atoms with E-state index in [4.69, 9.17) is 4.74 Å². The van der Waals surface area contributed by atoms with Gasteiger partial charge in [0, 0.05) is 0 Å². The zero-order chi connectivity index (χ0) is 14.0. The smallest absolute Gasteiger partial charge is 0.404 e. The Morgan fingerprint density at radius 3 is 2.11 bits per heavy atom. The van der Waals surface area contributed by atoms with Crippen LogP contribution in [0.5, 0.6) is 0 Å². The fourth-order valence-corrected chi connectivity index (χ4v) is 1.22. The Labute approximate surface area is 104 Å². The fraction of sp³-hybridized carbons (Fsp3) is 0.462. The molecule has 2 nitrogen and oxygen atoms in total. The first-order valence-electron chi connectivity index (χ1n) is 5.49. The molecule has 100 valence electrons. The molecule has 1 aromatic rings. The second-order valence-corrected chi connectivity index (χ2v) is 4.58. The van der Waals surface area contributed by atoms with Crippen LogP contribution in [0.25, 0.3) is 0 Å². The van der Waals surface area contributed by atoms with E-state index in [0.717, 1.165) is 13.8 Å². The van der Waals surface area contributed by atoms with E-state index in [2.05, 4.69) is 0 Å². The molecule has 0 spiro atoms. The Balaban J connectivity index is 2.78. The Hall–Kier alpha value is -1.52. The molecule has 0 saturated carbocycles. The van der Waals surface area contributed by atoms with Crippen molar-refractivity contribution in [2.45, 2.75) is 33.1 Å². The van der Waals surface area contributed by atoms with Gasteiger partial charge in [-0.2, -0.15) is 13.2 Å². The summed E-state index contributed by atoms with van der Waals surface area (Å²) in [6, 6.07) is 8.62. The number of ether oxygens (including phenoxy) is 1. The molecular formula is C13H15F3O2. The van der Waals surface area contributed by atoms with E-state index in [-0.39, 0.29) is 0 Å². The maximum Gasteiger partial charge on any atom is 0.404 e. The van der Waals surface area contributed by atoms with Gasteiger partial charge in [-0.05, 0) is 26.3 Å². The second kappa shape index (κ2) is 5.00. The summed E-state index contributed by atoms with van der Waals surface area (Å²) in [6.07, 6.45) is -5.33. The van der Waals surface area contributed by atoms with Gasteiger partial charge in [0.2, 0.25) is 0 Å². The lowest BCUT2D eigenvalue weighted by molar-refractivity contribution is -0.227. The fourth-order valence-electron chi connectivity index (χ4n) is 1.22. The molecule has 0 aliphatic carbocycles. The molecule has 0 aliphatic heterocycles. The van der Waals surface area contributed by atoms with E-state index in [1.165, 1.54) is 0 Å². The largest absolute Gasteiger partial charge is 0.457 e. The van der Waals surface area contributed by atoms with Crippen molar-refractivity contribution >= 4 is 5.97 Å². The van der Waals surface area contributed by atoms with E-state index >= 15 is 0 Å². The summed E-state index contributed by atoms with van der Waals surface area (Å²) in [5.41, 5.74) is -1.85. The molecule has 0 amide bonds. The zero-order valence-electron chi connectivity index (χ0n) is 10.4.